The van der Waals surface area contributed by atoms with Crippen LogP contribution in [0.15, 0.2) is 12.1 Å². The molecule has 0 aliphatic heterocycles. The Morgan fingerprint density at radius 3 is 2.68 bits per heavy atom. The molecule has 0 unspecified atom stereocenters. The third kappa shape index (κ3) is 4.04. The molecular formula is C11H17N3O5. The number of nitro groups is 1. The van der Waals surface area contributed by atoms with E-state index in [4.69, 9.17) is 14.6 Å². The van der Waals surface area contributed by atoms with E-state index in [0.717, 1.165) is 0 Å². The Hall–Kier alpha value is -1.93. The second-order valence-electron chi connectivity index (χ2n) is 3.66. The summed E-state index contributed by atoms with van der Waals surface area (Å²) < 4.78 is 9.91. The molecular weight excluding hydrogens is 254 g/mol. The fourth-order valence-electron chi connectivity index (χ4n) is 1.56. The Morgan fingerprint density at radius 1 is 1.42 bits per heavy atom. The highest BCUT2D eigenvalue weighted by atomic mass is 16.6. The van der Waals surface area contributed by atoms with Crippen LogP contribution in [0.3, 0.4) is 0 Å². The van der Waals surface area contributed by atoms with Crippen LogP contribution in [0.25, 0.3) is 0 Å². The number of pyridine rings is 1. The molecule has 1 heterocycles. The Balaban J connectivity index is 3.12. The van der Waals surface area contributed by atoms with Crippen LogP contribution in [0, 0.1) is 10.1 Å². The van der Waals surface area contributed by atoms with Crippen LogP contribution in [0.5, 0.6) is 5.88 Å². The summed E-state index contributed by atoms with van der Waals surface area (Å²) in [5.74, 6) is 0.441. The van der Waals surface area contributed by atoms with E-state index in [1.54, 1.807) is 4.90 Å². The summed E-state index contributed by atoms with van der Waals surface area (Å²) >= 11 is 0. The highest BCUT2D eigenvalue weighted by Gasteiger charge is 2.21. The lowest BCUT2D eigenvalue weighted by Gasteiger charge is -2.22. The largest absolute Gasteiger partial charge is 0.481 e. The van der Waals surface area contributed by atoms with Gasteiger partial charge >= 0.3 is 5.69 Å². The number of ether oxygens (including phenoxy) is 2. The number of anilines is 1. The Labute approximate surface area is 110 Å². The van der Waals surface area contributed by atoms with Gasteiger partial charge in [-0.25, -0.2) is 0 Å². The molecule has 0 amide bonds. The quantitative estimate of drug-likeness (QED) is 0.541. The average Bonchev–Trinajstić information content (AvgIpc) is 2.42. The number of aliphatic hydroxyl groups excluding tert-OH is 1. The van der Waals surface area contributed by atoms with Gasteiger partial charge in [0.1, 0.15) is 0 Å². The van der Waals surface area contributed by atoms with E-state index in [9.17, 15) is 10.1 Å². The van der Waals surface area contributed by atoms with Crippen LogP contribution in [0.1, 0.15) is 0 Å². The highest BCUT2D eigenvalue weighted by Crippen LogP contribution is 2.28. The van der Waals surface area contributed by atoms with Gasteiger partial charge < -0.3 is 19.5 Å². The van der Waals surface area contributed by atoms with Gasteiger partial charge in [0, 0.05) is 32.3 Å². The molecule has 0 aliphatic rings. The van der Waals surface area contributed by atoms with E-state index in [-0.39, 0.29) is 30.5 Å². The van der Waals surface area contributed by atoms with E-state index in [1.165, 1.54) is 26.4 Å². The first-order chi connectivity index (χ1) is 9.13. The molecule has 0 aliphatic carbocycles. The van der Waals surface area contributed by atoms with Crippen LogP contribution in [-0.2, 0) is 4.74 Å². The molecule has 0 bridgehead atoms. The number of aromatic nitrogens is 1. The highest BCUT2D eigenvalue weighted by molar-refractivity contribution is 5.59. The van der Waals surface area contributed by atoms with Crippen molar-refractivity contribution in [2.75, 3.05) is 45.4 Å². The summed E-state index contributed by atoms with van der Waals surface area (Å²) in [6, 6.07) is 2.76. The van der Waals surface area contributed by atoms with Gasteiger partial charge in [0.2, 0.25) is 11.7 Å². The molecule has 8 nitrogen and oxygen atoms in total. The Morgan fingerprint density at radius 2 is 2.16 bits per heavy atom. The molecule has 1 N–H and O–H groups in total. The first-order valence-corrected chi connectivity index (χ1v) is 5.68. The van der Waals surface area contributed by atoms with Gasteiger partial charge in [0.15, 0.2) is 0 Å². The maximum Gasteiger partial charge on any atom is 0.311 e. The topological polar surface area (TPSA) is 98.0 Å². The third-order valence-corrected chi connectivity index (χ3v) is 2.47. The van der Waals surface area contributed by atoms with Crippen LogP contribution in [0.4, 0.5) is 11.5 Å². The molecule has 1 aromatic rings. The van der Waals surface area contributed by atoms with Crippen molar-refractivity contribution in [3.8, 4) is 5.88 Å². The normalized spacial score (nSPS) is 10.3. The molecule has 1 aromatic heterocycles. The first-order valence-electron chi connectivity index (χ1n) is 5.68. The smallest absolute Gasteiger partial charge is 0.311 e. The minimum Gasteiger partial charge on any atom is -0.481 e. The standard InChI is InChI=1S/C11H17N3O5/c1-18-8-6-13(5-7-15)11-9(14(16)17)3-4-10(12-11)19-2/h3-4,15H,5-8H2,1-2H3. The van der Waals surface area contributed by atoms with E-state index >= 15 is 0 Å². The second kappa shape index (κ2) is 7.49. The Bertz CT molecular complexity index is 427. The molecule has 0 saturated heterocycles. The lowest BCUT2D eigenvalue weighted by molar-refractivity contribution is -0.384. The third-order valence-electron chi connectivity index (χ3n) is 2.47. The molecule has 0 fully saturated rings. The molecule has 19 heavy (non-hydrogen) atoms. The van der Waals surface area contributed by atoms with Crippen molar-refractivity contribution in [3.63, 3.8) is 0 Å². The minimum absolute atomic E-state index is 0.134. The van der Waals surface area contributed by atoms with Crippen molar-refractivity contribution in [2.45, 2.75) is 0 Å². The zero-order valence-corrected chi connectivity index (χ0v) is 10.9. The molecule has 0 radical (unpaired) electrons. The number of hydrogen-bond donors (Lipinski definition) is 1. The van der Waals surface area contributed by atoms with Gasteiger partial charge in [-0.05, 0) is 0 Å². The molecule has 0 saturated carbocycles. The molecule has 1 rings (SSSR count). The fourth-order valence-corrected chi connectivity index (χ4v) is 1.56. The number of methoxy groups -OCH3 is 2. The van der Waals surface area contributed by atoms with Crippen molar-refractivity contribution in [3.05, 3.63) is 22.2 Å². The van der Waals surface area contributed by atoms with Crippen LogP contribution >= 0.6 is 0 Å². The van der Waals surface area contributed by atoms with Crippen molar-refractivity contribution in [1.29, 1.82) is 0 Å². The van der Waals surface area contributed by atoms with Crippen LogP contribution in [-0.4, -0.2) is 55.5 Å². The summed E-state index contributed by atoms with van der Waals surface area (Å²) in [7, 11) is 2.97. The number of aliphatic hydroxyl groups is 1. The predicted molar refractivity (Wildman–Crippen MR) is 68.6 cm³/mol. The van der Waals surface area contributed by atoms with E-state index < -0.39 is 4.92 Å². The van der Waals surface area contributed by atoms with E-state index in [0.29, 0.717) is 13.2 Å². The second-order valence-corrected chi connectivity index (χ2v) is 3.66. The summed E-state index contributed by atoms with van der Waals surface area (Å²) in [5.41, 5.74) is -0.134. The summed E-state index contributed by atoms with van der Waals surface area (Å²) in [6.45, 7) is 0.845. The van der Waals surface area contributed by atoms with Crippen molar-refractivity contribution in [2.24, 2.45) is 0 Å². The van der Waals surface area contributed by atoms with Crippen molar-refractivity contribution in [1.82, 2.24) is 4.98 Å². The Kier molecular flexibility index (Phi) is 5.97. The summed E-state index contributed by atoms with van der Waals surface area (Å²) in [6.07, 6.45) is 0. The van der Waals surface area contributed by atoms with Crippen LogP contribution in [0.2, 0.25) is 0 Å². The lowest BCUT2D eigenvalue weighted by Crippen LogP contribution is -2.31. The number of rotatable bonds is 8. The summed E-state index contributed by atoms with van der Waals surface area (Å²) in [4.78, 5) is 16.2. The average molecular weight is 271 g/mol. The minimum atomic E-state index is -0.515. The van der Waals surface area contributed by atoms with E-state index in [1.807, 2.05) is 0 Å². The molecule has 0 spiro atoms. The maximum atomic E-state index is 11.0. The number of hydrogen-bond acceptors (Lipinski definition) is 7. The lowest BCUT2D eigenvalue weighted by atomic mass is 10.3. The fraction of sp³-hybridized carbons (Fsp3) is 0.545. The van der Waals surface area contributed by atoms with Gasteiger partial charge in [0.25, 0.3) is 0 Å². The molecule has 106 valence electrons. The SMILES string of the molecule is COCCN(CCO)c1nc(OC)ccc1[N+](=O)[O-]. The molecule has 0 aromatic carbocycles. The zero-order chi connectivity index (χ0) is 14.3. The van der Waals surface area contributed by atoms with E-state index in [2.05, 4.69) is 4.98 Å². The monoisotopic (exact) mass is 271 g/mol. The van der Waals surface area contributed by atoms with Crippen molar-refractivity contribution < 1.29 is 19.5 Å². The van der Waals surface area contributed by atoms with Gasteiger partial charge in [0.05, 0.1) is 25.2 Å². The first kappa shape index (κ1) is 15.1. The van der Waals surface area contributed by atoms with Crippen LogP contribution < -0.4 is 9.64 Å². The predicted octanol–water partition coefficient (Wildman–Crippen LogP) is 0.443. The van der Waals surface area contributed by atoms with Gasteiger partial charge in [-0.3, -0.25) is 10.1 Å². The van der Waals surface area contributed by atoms with Crippen molar-refractivity contribution >= 4 is 11.5 Å². The maximum absolute atomic E-state index is 11.0. The van der Waals surface area contributed by atoms with Gasteiger partial charge in [-0.2, -0.15) is 4.98 Å². The van der Waals surface area contributed by atoms with Gasteiger partial charge in [-0.15, -0.1) is 0 Å². The number of nitrogens with zero attached hydrogens (tertiary/aromatic N) is 3. The zero-order valence-electron chi connectivity index (χ0n) is 10.9. The summed E-state index contributed by atoms with van der Waals surface area (Å²) in [5, 5.41) is 20.1. The van der Waals surface area contributed by atoms with Gasteiger partial charge in [-0.1, -0.05) is 0 Å². The molecule has 8 heteroatoms. The molecule has 0 atom stereocenters.